The van der Waals surface area contributed by atoms with Crippen LogP contribution in [0.3, 0.4) is 0 Å². The van der Waals surface area contributed by atoms with E-state index in [2.05, 4.69) is 5.10 Å². The third kappa shape index (κ3) is 2.81. The molecule has 0 atom stereocenters. The molecule has 1 saturated heterocycles. The highest BCUT2D eigenvalue weighted by atomic mass is 32.2. The average molecular weight is 228 g/mol. The van der Waals surface area contributed by atoms with Gasteiger partial charge in [0.2, 0.25) is 0 Å². The number of hydrogen-bond donors (Lipinski definition) is 0. The van der Waals surface area contributed by atoms with Gasteiger partial charge in [-0.1, -0.05) is 0 Å². The summed E-state index contributed by atoms with van der Waals surface area (Å²) in [5.41, 5.74) is 1.15. The molecule has 1 aliphatic rings. The zero-order chi connectivity index (χ0) is 10.9. The van der Waals surface area contributed by atoms with E-state index in [4.69, 9.17) is 0 Å². The van der Waals surface area contributed by atoms with Crippen molar-refractivity contribution in [2.75, 3.05) is 11.5 Å². The highest BCUT2D eigenvalue weighted by molar-refractivity contribution is 7.91. The van der Waals surface area contributed by atoms with Gasteiger partial charge in [0.15, 0.2) is 0 Å². The van der Waals surface area contributed by atoms with Crippen LogP contribution in [0, 0.1) is 12.8 Å². The van der Waals surface area contributed by atoms with Crippen LogP contribution in [0.4, 0.5) is 0 Å². The molecule has 0 aromatic carbocycles. The Morgan fingerprint density at radius 2 is 2.13 bits per heavy atom. The first-order valence-electron chi connectivity index (χ1n) is 5.25. The predicted octanol–water partition coefficient (Wildman–Crippen LogP) is 1.02. The van der Waals surface area contributed by atoms with Gasteiger partial charge in [-0.3, -0.25) is 4.68 Å². The normalized spacial score (nSPS) is 21.7. The maximum atomic E-state index is 11.2. The van der Waals surface area contributed by atoms with E-state index in [1.165, 1.54) is 0 Å². The third-order valence-electron chi connectivity index (χ3n) is 2.88. The van der Waals surface area contributed by atoms with Crippen LogP contribution >= 0.6 is 0 Å². The Bertz CT molecular complexity index is 422. The van der Waals surface area contributed by atoms with Gasteiger partial charge in [-0.25, -0.2) is 8.42 Å². The number of aryl methyl sites for hydroxylation is 1. The van der Waals surface area contributed by atoms with Crippen LogP contribution < -0.4 is 0 Å². The standard InChI is InChI=1S/C10H16N2O2S/c1-9-6-11-12(7-9)8-10-2-4-15(13,14)5-3-10/h6-7,10H,2-5,8H2,1H3. The van der Waals surface area contributed by atoms with Crippen LogP contribution in [0.15, 0.2) is 12.4 Å². The quantitative estimate of drug-likeness (QED) is 0.759. The Morgan fingerprint density at radius 3 is 2.67 bits per heavy atom. The molecule has 84 valence electrons. The molecule has 1 aromatic heterocycles. The molecule has 1 aliphatic heterocycles. The van der Waals surface area contributed by atoms with Crippen molar-refractivity contribution in [3.05, 3.63) is 18.0 Å². The summed E-state index contributed by atoms with van der Waals surface area (Å²) in [5.74, 6) is 1.16. The van der Waals surface area contributed by atoms with Gasteiger partial charge in [0.05, 0.1) is 17.7 Å². The fraction of sp³-hybridized carbons (Fsp3) is 0.700. The summed E-state index contributed by atoms with van der Waals surface area (Å²) in [6, 6.07) is 0. The van der Waals surface area contributed by atoms with E-state index in [1.807, 2.05) is 24.0 Å². The van der Waals surface area contributed by atoms with Gasteiger partial charge in [-0.2, -0.15) is 5.10 Å². The summed E-state index contributed by atoms with van der Waals surface area (Å²) < 4.78 is 24.4. The fourth-order valence-corrected chi connectivity index (χ4v) is 3.54. The van der Waals surface area contributed by atoms with Gasteiger partial charge >= 0.3 is 0 Å². The van der Waals surface area contributed by atoms with E-state index in [-0.39, 0.29) is 0 Å². The average Bonchev–Trinajstić information content (AvgIpc) is 2.55. The highest BCUT2D eigenvalue weighted by Crippen LogP contribution is 2.20. The van der Waals surface area contributed by atoms with Crippen LogP contribution in [0.2, 0.25) is 0 Å². The molecule has 0 bridgehead atoms. The van der Waals surface area contributed by atoms with Crippen molar-refractivity contribution in [1.82, 2.24) is 9.78 Å². The van der Waals surface area contributed by atoms with Crippen LogP contribution in [0.1, 0.15) is 18.4 Å². The predicted molar refractivity (Wildman–Crippen MR) is 58.3 cm³/mol. The first-order valence-corrected chi connectivity index (χ1v) is 7.07. The zero-order valence-corrected chi connectivity index (χ0v) is 9.70. The van der Waals surface area contributed by atoms with E-state index in [0.717, 1.165) is 24.9 Å². The Kier molecular flexibility index (Phi) is 2.82. The van der Waals surface area contributed by atoms with Crippen molar-refractivity contribution >= 4 is 9.84 Å². The van der Waals surface area contributed by atoms with Crippen LogP contribution in [0.5, 0.6) is 0 Å². The summed E-state index contributed by atoms with van der Waals surface area (Å²) in [4.78, 5) is 0. The van der Waals surface area contributed by atoms with Crippen molar-refractivity contribution in [2.45, 2.75) is 26.3 Å². The van der Waals surface area contributed by atoms with Gasteiger partial charge in [0, 0.05) is 12.7 Å². The maximum Gasteiger partial charge on any atom is 0.150 e. The van der Waals surface area contributed by atoms with Crippen LogP contribution in [-0.2, 0) is 16.4 Å². The Labute approximate surface area is 90.2 Å². The summed E-state index contributed by atoms with van der Waals surface area (Å²) in [6.07, 6.45) is 5.39. The number of rotatable bonds is 2. The number of aromatic nitrogens is 2. The lowest BCUT2D eigenvalue weighted by molar-refractivity contribution is 0.384. The number of hydrogen-bond acceptors (Lipinski definition) is 3. The van der Waals surface area contributed by atoms with E-state index in [9.17, 15) is 8.42 Å². The first kappa shape index (κ1) is 10.7. The van der Waals surface area contributed by atoms with Crippen LogP contribution in [-0.4, -0.2) is 29.7 Å². The van der Waals surface area contributed by atoms with Gasteiger partial charge in [-0.05, 0) is 31.2 Å². The minimum Gasteiger partial charge on any atom is -0.272 e. The maximum absolute atomic E-state index is 11.2. The SMILES string of the molecule is Cc1cnn(CC2CCS(=O)(=O)CC2)c1. The summed E-state index contributed by atoms with van der Waals surface area (Å²) in [7, 11) is -2.73. The van der Waals surface area contributed by atoms with Crippen molar-refractivity contribution < 1.29 is 8.42 Å². The molecule has 15 heavy (non-hydrogen) atoms. The first-order chi connectivity index (χ1) is 7.05. The Balaban J connectivity index is 1.92. The lowest BCUT2D eigenvalue weighted by Crippen LogP contribution is -2.26. The molecule has 0 aliphatic carbocycles. The second-order valence-corrected chi connectivity index (χ2v) is 6.64. The van der Waals surface area contributed by atoms with Gasteiger partial charge in [0.1, 0.15) is 9.84 Å². The largest absolute Gasteiger partial charge is 0.272 e. The second kappa shape index (κ2) is 3.96. The zero-order valence-electron chi connectivity index (χ0n) is 8.89. The summed E-state index contributed by atoms with van der Waals surface area (Å²) in [6.45, 7) is 2.86. The van der Waals surface area contributed by atoms with Crippen molar-refractivity contribution in [3.63, 3.8) is 0 Å². The van der Waals surface area contributed by atoms with Crippen molar-refractivity contribution in [2.24, 2.45) is 5.92 Å². The molecule has 1 aromatic rings. The molecule has 0 amide bonds. The Hall–Kier alpha value is -0.840. The van der Waals surface area contributed by atoms with Gasteiger partial charge < -0.3 is 0 Å². The topological polar surface area (TPSA) is 52.0 Å². The van der Waals surface area contributed by atoms with E-state index in [0.29, 0.717) is 17.4 Å². The van der Waals surface area contributed by atoms with Crippen molar-refractivity contribution in [3.8, 4) is 0 Å². The highest BCUT2D eigenvalue weighted by Gasteiger charge is 2.23. The number of sulfone groups is 1. The second-order valence-electron chi connectivity index (χ2n) is 4.33. The van der Waals surface area contributed by atoms with Gasteiger partial charge in [-0.15, -0.1) is 0 Å². The molecular weight excluding hydrogens is 212 g/mol. The lowest BCUT2D eigenvalue weighted by Gasteiger charge is -2.21. The molecule has 0 saturated carbocycles. The van der Waals surface area contributed by atoms with Crippen LogP contribution in [0.25, 0.3) is 0 Å². The molecule has 0 N–H and O–H groups in total. The van der Waals surface area contributed by atoms with Crippen molar-refractivity contribution in [1.29, 1.82) is 0 Å². The monoisotopic (exact) mass is 228 g/mol. The fourth-order valence-electron chi connectivity index (χ4n) is 1.95. The van der Waals surface area contributed by atoms with E-state index < -0.39 is 9.84 Å². The molecule has 4 nitrogen and oxygen atoms in total. The molecule has 2 rings (SSSR count). The molecule has 5 heteroatoms. The smallest absolute Gasteiger partial charge is 0.150 e. The molecule has 2 heterocycles. The molecule has 0 spiro atoms. The third-order valence-corrected chi connectivity index (χ3v) is 4.60. The molecular formula is C10H16N2O2S. The molecule has 0 unspecified atom stereocenters. The Morgan fingerprint density at radius 1 is 1.47 bits per heavy atom. The van der Waals surface area contributed by atoms with Gasteiger partial charge in [0.25, 0.3) is 0 Å². The lowest BCUT2D eigenvalue weighted by atomic mass is 10.0. The molecule has 1 fully saturated rings. The minimum absolute atomic E-state index is 0.345. The van der Waals surface area contributed by atoms with E-state index in [1.54, 1.807) is 0 Å². The van der Waals surface area contributed by atoms with E-state index >= 15 is 0 Å². The molecule has 0 radical (unpaired) electrons. The minimum atomic E-state index is -2.73. The summed E-state index contributed by atoms with van der Waals surface area (Å²) >= 11 is 0. The summed E-state index contributed by atoms with van der Waals surface area (Å²) in [5, 5.41) is 4.21. The number of nitrogens with zero attached hydrogens (tertiary/aromatic N) is 2.